The summed E-state index contributed by atoms with van der Waals surface area (Å²) in [6, 6.07) is 1.86. The lowest BCUT2D eigenvalue weighted by molar-refractivity contribution is 0.195. The Balaban J connectivity index is 2.89. The monoisotopic (exact) mass is 315 g/mol. The molecule has 0 aliphatic carbocycles. The molecular weight excluding hydrogens is 298 g/mol. The van der Waals surface area contributed by atoms with Gasteiger partial charge in [0, 0.05) is 13.6 Å². The van der Waals surface area contributed by atoms with E-state index in [0.717, 1.165) is 22.4 Å². The van der Waals surface area contributed by atoms with Crippen molar-refractivity contribution in [3.05, 3.63) is 16.2 Å². The van der Waals surface area contributed by atoms with Crippen LogP contribution in [0.2, 0.25) is 0 Å². The van der Waals surface area contributed by atoms with Crippen molar-refractivity contribution in [2.75, 3.05) is 26.8 Å². The first kappa shape index (κ1) is 14.9. The van der Waals surface area contributed by atoms with Crippen LogP contribution < -0.4 is 4.74 Å². The molecule has 100 valence electrons. The van der Waals surface area contributed by atoms with E-state index in [1.165, 1.54) is 0 Å². The first-order chi connectivity index (χ1) is 8.58. The number of rotatable bonds is 6. The quantitative estimate of drug-likeness (QED) is 0.645. The van der Waals surface area contributed by atoms with Crippen molar-refractivity contribution in [1.82, 2.24) is 9.88 Å². The molecule has 0 bridgehead atoms. The topological polar surface area (TPSA) is 58.0 Å². The molecule has 0 radical (unpaired) electrons. The van der Waals surface area contributed by atoms with Gasteiger partial charge in [-0.05, 0) is 35.8 Å². The average Bonchev–Trinajstić information content (AvgIpc) is 2.37. The van der Waals surface area contributed by atoms with Crippen LogP contribution in [0.5, 0.6) is 5.88 Å². The third kappa shape index (κ3) is 4.27. The number of aliphatic hydroxyl groups excluding tert-OH is 1. The zero-order chi connectivity index (χ0) is 13.5. The average molecular weight is 316 g/mol. The first-order valence-electron chi connectivity index (χ1n) is 5.73. The van der Waals surface area contributed by atoms with Crippen molar-refractivity contribution in [2.24, 2.45) is 4.99 Å². The van der Waals surface area contributed by atoms with Gasteiger partial charge in [0.15, 0.2) is 0 Å². The normalized spacial score (nSPS) is 10.9. The minimum atomic E-state index is -0.0334. The first-order valence-corrected chi connectivity index (χ1v) is 6.53. The zero-order valence-electron chi connectivity index (χ0n) is 10.9. The van der Waals surface area contributed by atoms with Crippen LogP contribution in [-0.2, 0) is 0 Å². The van der Waals surface area contributed by atoms with Gasteiger partial charge in [0.2, 0.25) is 5.88 Å². The number of hydrogen-bond donors (Lipinski definition) is 1. The molecule has 0 saturated heterocycles. The van der Waals surface area contributed by atoms with Crippen LogP contribution in [0, 0.1) is 6.92 Å². The van der Waals surface area contributed by atoms with Crippen molar-refractivity contribution in [2.45, 2.75) is 13.8 Å². The zero-order valence-corrected chi connectivity index (χ0v) is 12.4. The molecule has 1 heterocycles. The fourth-order valence-electron chi connectivity index (χ4n) is 1.17. The molecule has 0 saturated carbocycles. The van der Waals surface area contributed by atoms with Crippen molar-refractivity contribution in [1.29, 1.82) is 0 Å². The molecule has 0 spiro atoms. The van der Waals surface area contributed by atoms with Gasteiger partial charge >= 0.3 is 0 Å². The van der Waals surface area contributed by atoms with Crippen LogP contribution >= 0.6 is 15.9 Å². The SMILES string of the molecule is CCN(C)C=Nc1cc(Br)c(OCCO)nc1C. The van der Waals surface area contributed by atoms with E-state index in [2.05, 4.69) is 32.8 Å². The minimum Gasteiger partial charge on any atom is -0.474 e. The molecule has 0 aliphatic rings. The molecule has 6 heteroatoms. The Labute approximate surface area is 116 Å². The van der Waals surface area contributed by atoms with E-state index in [9.17, 15) is 0 Å². The Hall–Kier alpha value is -1.14. The second-order valence-corrected chi connectivity index (χ2v) is 4.62. The van der Waals surface area contributed by atoms with E-state index >= 15 is 0 Å². The molecule has 1 aromatic heterocycles. The van der Waals surface area contributed by atoms with Gasteiger partial charge in [-0.25, -0.2) is 9.98 Å². The van der Waals surface area contributed by atoms with Gasteiger partial charge in [0.1, 0.15) is 6.61 Å². The van der Waals surface area contributed by atoms with Crippen molar-refractivity contribution >= 4 is 28.0 Å². The number of ether oxygens (including phenoxy) is 1. The Kier molecular flexibility index (Phi) is 6.07. The molecule has 0 aliphatic heterocycles. The molecular formula is C12H18BrN3O2. The number of aliphatic hydroxyl groups is 1. The lowest BCUT2D eigenvalue weighted by Gasteiger charge is -2.10. The number of aryl methyl sites for hydroxylation is 1. The molecule has 0 atom stereocenters. The van der Waals surface area contributed by atoms with Crippen LogP contribution in [0.25, 0.3) is 0 Å². The largest absolute Gasteiger partial charge is 0.474 e. The Morgan fingerprint density at radius 3 is 2.94 bits per heavy atom. The van der Waals surface area contributed by atoms with Gasteiger partial charge in [0.25, 0.3) is 0 Å². The maximum Gasteiger partial charge on any atom is 0.228 e. The second-order valence-electron chi connectivity index (χ2n) is 3.77. The smallest absolute Gasteiger partial charge is 0.228 e. The van der Waals surface area contributed by atoms with Crippen LogP contribution in [0.4, 0.5) is 5.69 Å². The van der Waals surface area contributed by atoms with E-state index in [1.54, 1.807) is 6.34 Å². The highest BCUT2D eigenvalue weighted by Gasteiger charge is 2.07. The highest BCUT2D eigenvalue weighted by atomic mass is 79.9. The van der Waals surface area contributed by atoms with Crippen molar-refractivity contribution < 1.29 is 9.84 Å². The fraction of sp³-hybridized carbons (Fsp3) is 0.500. The summed E-state index contributed by atoms with van der Waals surface area (Å²) in [6.07, 6.45) is 1.77. The van der Waals surface area contributed by atoms with Crippen LogP contribution in [0.1, 0.15) is 12.6 Å². The number of aliphatic imine (C=N–C) groups is 1. The number of pyridine rings is 1. The molecule has 5 nitrogen and oxygen atoms in total. The summed E-state index contributed by atoms with van der Waals surface area (Å²) in [5.74, 6) is 0.476. The van der Waals surface area contributed by atoms with Gasteiger partial charge in [-0.15, -0.1) is 0 Å². The fourth-order valence-corrected chi connectivity index (χ4v) is 1.59. The maximum absolute atomic E-state index is 8.72. The summed E-state index contributed by atoms with van der Waals surface area (Å²) in [7, 11) is 1.96. The van der Waals surface area contributed by atoms with E-state index < -0.39 is 0 Å². The van der Waals surface area contributed by atoms with E-state index in [0.29, 0.717) is 5.88 Å². The lowest BCUT2D eigenvalue weighted by Crippen LogP contribution is -2.14. The van der Waals surface area contributed by atoms with Gasteiger partial charge in [-0.1, -0.05) is 0 Å². The standard InChI is InChI=1S/C12H18BrN3O2/c1-4-16(3)8-14-11-7-10(13)12(15-9(11)2)18-6-5-17/h7-8,17H,4-6H2,1-3H3. The molecule has 1 aromatic rings. The molecule has 18 heavy (non-hydrogen) atoms. The lowest BCUT2D eigenvalue weighted by atomic mass is 10.3. The van der Waals surface area contributed by atoms with Crippen LogP contribution in [-0.4, -0.2) is 48.1 Å². The van der Waals surface area contributed by atoms with Gasteiger partial charge in [-0.2, -0.15) is 0 Å². The molecule has 1 rings (SSSR count). The highest BCUT2D eigenvalue weighted by molar-refractivity contribution is 9.10. The molecule has 0 amide bonds. The van der Waals surface area contributed by atoms with E-state index in [1.807, 2.05) is 24.9 Å². The van der Waals surface area contributed by atoms with E-state index in [-0.39, 0.29) is 13.2 Å². The number of hydrogen-bond acceptors (Lipinski definition) is 4. The van der Waals surface area contributed by atoms with Crippen LogP contribution in [0.3, 0.4) is 0 Å². The van der Waals surface area contributed by atoms with Crippen LogP contribution in [0.15, 0.2) is 15.5 Å². The summed E-state index contributed by atoms with van der Waals surface area (Å²) in [4.78, 5) is 10.6. The van der Waals surface area contributed by atoms with Gasteiger partial charge in [0.05, 0.1) is 28.8 Å². The number of nitrogens with zero attached hydrogens (tertiary/aromatic N) is 3. The van der Waals surface area contributed by atoms with E-state index in [4.69, 9.17) is 9.84 Å². The third-order valence-electron chi connectivity index (χ3n) is 2.33. The van der Waals surface area contributed by atoms with Gasteiger partial charge < -0.3 is 14.7 Å². The molecule has 0 fully saturated rings. The maximum atomic E-state index is 8.72. The van der Waals surface area contributed by atoms with Gasteiger partial charge in [-0.3, -0.25) is 0 Å². The summed E-state index contributed by atoms with van der Waals surface area (Å²) < 4.78 is 6.03. The number of aromatic nitrogens is 1. The molecule has 0 aromatic carbocycles. The minimum absolute atomic E-state index is 0.0334. The van der Waals surface area contributed by atoms with Crippen molar-refractivity contribution in [3.63, 3.8) is 0 Å². The summed E-state index contributed by atoms with van der Waals surface area (Å²) >= 11 is 3.38. The summed E-state index contributed by atoms with van der Waals surface area (Å²) in [5, 5.41) is 8.72. The number of halogens is 1. The molecule has 0 unspecified atom stereocenters. The Morgan fingerprint density at radius 1 is 1.61 bits per heavy atom. The predicted octanol–water partition coefficient (Wildman–Crippen LogP) is 2.14. The predicted molar refractivity (Wildman–Crippen MR) is 75.7 cm³/mol. The molecule has 1 N–H and O–H groups in total. The third-order valence-corrected chi connectivity index (χ3v) is 2.90. The Bertz CT molecular complexity index is 424. The van der Waals surface area contributed by atoms with Crippen molar-refractivity contribution in [3.8, 4) is 5.88 Å². The second kappa shape index (κ2) is 7.33. The summed E-state index contributed by atoms with van der Waals surface area (Å²) in [6.45, 7) is 5.02. The Morgan fingerprint density at radius 2 is 2.33 bits per heavy atom. The summed E-state index contributed by atoms with van der Waals surface area (Å²) in [5.41, 5.74) is 1.57. The highest BCUT2D eigenvalue weighted by Crippen LogP contribution is 2.29.